The Morgan fingerprint density at radius 1 is 1.08 bits per heavy atom. The summed E-state index contributed by atoms with van der Waals surface area (Å²) in [5.41, 5.74) is 2.78. The van der Waals surface area contributed by atoms with Crippen molar-refractivity contribution in [2.75, 3.05) is 26.2 Å². The highest BCUT2D eigenvalue weighted by molar-refractivity contribution is 5.85. The maximum Gasteiger partial charge on any atom is 0.222 e. The van der Waals surface area contributed by atoms with Crippen molar-refractivity contribution in [3.8, 4) is 0 Å². The van der Waals surface area contributed by atoms with Crippen molar-refractivity contribution in [3.63, 3.8) is 0 Å². The van der Waals surface area contributed by atoms with E-state index in [0.717, 1.165) is 50.9 Å². The predicted octanol–water partition coefficient (Wildman–Crippen LogP) is 3.98. The molecule has 25 heavy (non-hydrogen) atoms. The Balaban J connectivity index is 0.00000225. The average Bonchev–Trinajstić information content (AvgIpc) is 3.13. The van der Waals surface area contributed by atoms with Gasteiger partial charge in [-0.1, -0.05) is 29.8 Å². The minimum absolute atomic E-state index is 0. The summed E-state index contributed by atoms with van der Waals surface area (Å²) in [5, 5.41) is 3.39. The van der Waals surface area contributed by atoms with Gasteiger partial charge in [0.1, 0.15) is 0 Å². The molecule has 140 valence electrons. The molecule has 1 amide bonds. The number of nitrogens with one attached hydrogen (secondary N) is 1. The number of amides is 1. The zero-order valence-electron chi connectivity index (χ0n) is 15.5. The summed E-state index contributed by atoms with van der Waals surface area (Å²) in [5.74, 6) is 1.90. The van der Waals surface area contributed by atoms with Gasteiger partial charge < -0.3 is 10.2 Å². The molecule has 2 fully saturated rings. The molecule has 2 heterocycles. The van der Waals surface area contributed by atoms with Crippen LogP contribution in [0.15, 0.2) is 24.3 Å². The second kappa shape index (κ2) is 10.2. The molecular formula is C21H33ClN2O. The Labute approximate surface area is 159 Å². The highest BCUT2D eigenvalue weighted by Crippen LogP contribution is 2.24. The number of carbonyl (C=O) groups excluding carboxylic acids is 1. The van der Waals surface area contributed by atoms with Crippen LogP contribution in [0.1, 0.15) is 49.7 Å². The van der Waals surface area contributed by atoms with Crippen molar-refractivity contribution >= 4 is 18.3 Å². The average molecular weight is 365 g/mol. The van der Waals surface area contributed by atoms with Gasteiger partial charge in [-0.05, 0) is 75.9 Å². The van der Waals surface area contributed by atoms with Crippen LogP contribution in [0.3, 0.4) is 0 Å². The van der Waals surface area contributed by atoms with Gasteiger partial charge >= 0.3 is 0 Å². The van der Waals surface area contributed by atoms with Gasteiger partial charge in [0.05, 0.1) is 0 Å². The van der Waals surface area contributed by atoms with Crippen molar-refractivity contribution in [2.45, 2.75) is 51.9 Å². The first-order valence-corrected chi connectivity index (χ1v) is 9.75. The molecule has 3 rings (SSSR count). The fourth-order valence-corrected chi connectivity index (χ4v) is 4.04. The highest BCUT2D eigenvalue weighted by Gasteiger charge is 2.23. The Bertz CT molecular complexity index is 517. The van der Waals surface area contributed by atoms with Crippen molar-refractivity contribution in [3.05, 3.63) is 35.4 Å². The van der Waals surface area contributed by atoms with E-state index in [1.165, 1.54) is 43.2 Å². The largest absolute Gasteiger partial charge is 0.343 e. The molecule has 2 aliphatic rings. The van der Waals surface area contributed by atoms with E-state index in [-0.39, 0.29) is 12.4 Å². The van der Waals surface area contributed by atoms with Crippen LogP contribution in [0.25, 0.3) is 0 Å². The van der Waals surface area contributed by atoms with Gasteiger partial charge in [0.15, 0.2) is 0 Å². The van der Waals surface area contributed by atoms with E-state index in [2.05, 4.69) is 41.4 Å². The molecule has 1 N–H and O–H groups in total. The van der Waals surface area contributed by atoms with Crippen molar-refractivity contribution in [1.82, 2.24) is 10.2 Å². The molecule has 1 unspecified atom stereocenters. The van der Waals surface area contributed by atoms with E-state index in [9.17, 15) is 4.79 Å². The summed E-state index contributed by atoms with van der Waals surface area (Å²) in [4.78, 5) is 14.5. The molecule has 0 saturated carbocycles. The van der Waals surface area contributed by atoms with E-state index in [0.29, 0.717) is 5.91 Å². The van der Waals surface area contributed by atoms with Gasteiger partial charge in [-0.2, -0.15) is 0 Å². The lowest BCUT2D eigenvalue weighted by Crippen LogP contribution is -2.38. The van der Waals surface area contributed by atoms with Gasteiger partial charge in [0.2, 0.25) is 5.91 Å². The van der Waals surface area contributed by atoms with Crippen molar-refractivity contribution < 1.29 is 4.79 Å². The minimum atomic E-state index is 0. The van der Waals surface area contributed by atoms with Gasteiger partial charge in [-0.25, -0.2) is 0 Å². The molecule has 1 aromatic carbocycles. The molecule has 4 heteroatoms. The monoisotopic (exact) mass is 364 g/mol. The third kappa shape index (κ3) is 6.31. The lowest BCUT2D eigenvalue weighted by atomic mass is 9.90. The summed E-state index contributed by atoms with van der Waals surface area (Å²) in [7, 11) is 0. The summed E-state index contributed by atoms with van der Waals surface area (Å²) in [6.45, 7) is 6.32. The third-order valence-electron chi connectivity index (χ3n) is 5.86. The van der Waals surface area contributed by atoms with Crippen LogP contribution in [0.5, 0.6) is 0 Å². The number of rotatable bonds is 6. The fraction of sp³-hybridized carbons (Fsp3) is 0.667. The maximum absolute atomic E-state index is 12.4. The van der Waals surface area contributed by atoms with E-state index in [1.54, 1.807) is 0 Å². The fourth-order valence-electron chi connectivity index (χ4n) is 4.04. The standard InChI is InChI=1S/C21H32N2O.ClH/c1-17-2-4-18(5-3-17)6-7-19-11-14-23(15-12-19)21(24)9-8-20-10-13-22-16-20;/h2-5,19-20,22H,6-16H2,1H3;1H. The van der Waals surface area contributed by atoms with E-state index >= 15 is 0 Å². The molecule has 2 aliphatic heterocycles. The number of halogens is 1. The number of hydrogen-bond acceptors (Lipinski definition) is 2. The normalized spacial score (nSPS) is 21.2. The maximum atomic E-state index is 12.4. The zero-order chi connectivity index (χ0) is 16.8. The molecule has 0 aromatic heterocycles. The molecular weight excluding hydrogens is 332 g/mol. The topological polar surface area (TPSA) is 32.3 Å². The third-order valence-corrected chi connectivity index (χ3v) is 5.86. The molecule has 3 nitrogen and oxygen atoms in total. The summed E-state index contributed by atoms with van der Waals surface area (Å²) < 4.78 is 0. The first kappa shape index (κ1) is 20.3. The Morgan fingerprint density at radius 3 is 2.44 bits per heavy atom. The summed E-state index contributed by atoms with van der Waals surface area (Å²) >= 11 is 0. The quantitative estimate of drug-likeness (QED) is 0.828. The van der Waals surface area contributed by atoms with E-state index in [4.69, 9.17) is 0 Å². The lowest BCUT2D eigenvalue weighted by molar-refractivity contribution is -0.132. The molecule has 0 aliphatic carbocycles. The number of nitrogens with zero attached hydrogens (tertiary/aromatic N) is 1. The van der Waals surface area contributed by atoms with Crippen molar-refractivity contribution in [1.29, 1.82) is 0 Å². The number of benzene rings is 1. The minimum Gasteiger partial charge on any atom is -0.343 e. The van der Waals surface area contributed by atoms with Gasteiger partial charge in [0.25, 0.3) is 0 Å². The van der Waals surface area contributed by atoms with Crippen LogP contribution >= 0.6 is 12.4 Å². The van der Waals surface area contributed by atoms with Crippen LogP contribution in [-0.4, -0.2) is 37.0 Å². The smallest absolute Gasteiger partial charge is 0.222 e. The molecule has 1 atom stereocenters. The molecule has 0 spiro atoms. The summed E-state index contributed by atoms with van der Waals surface area (Å²) in [6.07, 6.45) is 7.87. The Morgan fingerprint density at radius 2 is 1.80 bits per heavy atom. The Kier molecular flexibility index (Phi) is 8.25. The predicted molar refractivity (Wildman–Crippen MR) is 106 cm³/mol. The van der Waals surface area contributed by atoms with Crippen molar-refractivity contribution in [2.24, 2.45) is 11.8 Å². The number of hydrogen-bond donors (Lipinski definition) is 1. The van der Waals surface area contributed by atoms with Gasteiger partial charge in [-0.3, -0.25) is 4.79 Å². The van der Waals surface area contributed by atoms with Crippen LogP contribution in [0, 0.1) is 18.8 Å². The Hall–Kier alpha value is -1.06. The second-order valence-electron chi connectivity index (χ2n) is 7.75. The van der Waals surface area contributed by atoms with E-state index < -0.39 is 0 Å². The molecule has 1 aromatic rings. The molecule has 2 saturated heterocycles. The van der Waals surface area contributed by atoms with Gasteiger partial charge in [-0.15, -0.1) is 12.4 Å². The van der Waals surface area contributed by atoms with Crippen LogP contribution in [-0.2, 0) is 11.2 Å². The van der Waals surface area contributed by atoms with Crippen LogP contribution in [0.2, 0.25) is 0 Å². The summed E-state index contributed by atoms with van der Waals surface area (Å²) in [6, 6.07) is 8.92. The zero-order valence-corrected chi connectivity index (χ0v) is 16.3. The molecule has 0 bridgehead atoms. The first-order chi connectivity index (χ1) is 11.7. The van der Waals surface area contributed by atoms with Gasteiger partial charge in [0, 0.05) is 19.5 Å². The first-order valence-electron chi connectivity index (χ1n) is 9.75. The highest BCUT2D eigenvalue weighted by atomic mass is 35.5. The number of carbonyl (C=O) groups is 1. The SMILES string of the molecule is Cc1ccc(CCC2CCN(C(=O)CCC3CCNC3)CC2)cc1.Cl. The number of likely N-dealkylation sites (tertiary alicyclic amines) is 1. The van der Waals surface area contributed by atoms with Crippen LogP contribution in [0.4, 0.5) is 0 Å². The van der Waals surface area contributed by atoms with E-state index in [1.807, 2.05) is 0 Å². The van der Waals surface area contributed by atoms with Crippen LogP contribution < -0.4 is 5.32 Å². The lowest BCUT2D eigenvalue weighted by Gasteiger charge is -2.32. The molecule has 0 radical (unpaired) electrons. The second-order valence-corrected chi connectivity index (χ2v) is 7.75. The number of aryl methyl sites for hydroxylation is 2. The number of piperidine rings is 1.